The Kier molecular flexibility index (Phi) is 3.94. The van der Waals surface area contributed by atoms with E-state index in [-0.39, 0.29) is 11.4 Å². The Morgan fingerprint density at radius 2 is 2.00 bits per heavy atom. The van der Waals surface area contributed by atoms with E-state index >= 15 is 0 Å². The Hall–Kier alpha value is -2.04. The van der Waals surface area contributed by atoms with Crippen molar-refractivity contribution in [1.29, 1.82) is 0 Å². The minimum atomic E-state index is -0.139. The van der Waals surface area contributed by atoms with Gasteiger partial charge in [-0.25, -0.2) is 0 Å². The molecule has 2 heterocycles. The molecular weight excluding hydrogens is 266 g/mol. The zero-order valence-corrected chi connectivity index (χ0v) is 13.6. The molecule has 5 nitrogen and oxygen atoms in total. The summed E-state index contributed by atoms with van der Waals surface area (Å²) in [4.78, 5) is 14.2. The molecule has 0 radical (unpaired) electrons. The third kappa shape index (κ3) is 3.35. The Bertz CT molecular complexity index is 647. The van der Waals surface area contributed by atoms with Gasteiger partial charge in [-0.1, -0.05) is 0 Å². The van der Waals surface area contributed by atoms with Gasteiger partial charge in [0.05, 0.1) is 23.3 Å². The van der Waals surface area contributed by atoms with Gasteiger partial charge < -0.3 is 9.32 Å². The van der Waals surface area contributed by atoms with Crippen LogP contribution in [0.1, 0.15) is 48.3 Å². The number of hydrogen-bond acceptors (Lipinski definition) is 3. The number of furan rings is 1. The van der Waals surface area contributed by atoms with Gasteiger partial charge in [-0.3, -0.25) is 9.48 Å². The molecule has 1 amide bonds. The first-order valence-corrected chi connectivity index (χ1v) is 7.06. The third-order valence-corrected chi connectivity index (χ3v) is 3.35. The highest BCUT2D eigenvalue weighted by Gasteiger charge is 2.22. The molecule has 0 aliphatic carbocycles. The summed E-state index contributed by atoms with van der Waals surface area (Å²) in [5.74, 6) is 1.59. The molecule has 0 bridgehead atoms. The van der Waals surface area contributed by atoms with Gasteiger partial charge in [0, 0.05) is 13.2 Å². The molecule has 2 rings (SSSR count). The predicted molar refractivity (Wildman–Crippen MR) is 81.2 cm³/mol. The summed E-state index contributed by atoms with van der Waals surface area (Å²) in [6.07, 6.45) is 1.82. The molecule has 5 heteroatoms. The lowest BCUT2D eigenvalue weighted by Gasteiger charge is -2.19. The van der Waals surface area contributed by atoms with E-state index in [2.05, 4.69) is 25.9 Å². The molecule has 0 spiro atoms. The first-order valence-electron chi connectivity index (χ1n) is 7.06. The topological polar surface area (TPSA) is 51.3 Å². The fraction of sp³-hybridized carbons (Fsp3) is 0.500. The number of nitrogens with zero attached hydrogens (tertiary/aromatic N) is 3. The second-order valence-electron chi connectivity index (χ2n) is 6.42. The minimum absolute atomic E-state index is 0.0444. The molecule has 114 valence electrons. The highest BCUT2D eigenvalue weighted by molar-refractivity contribution is 5.94. The Balaban J connectivity index is 2.17. The van der Waals surface area contributed by atoms with Crippen LogP contribution in [0.2, 0.25) is 0 Å². The van der Waals surface area contributed by atoms with E-state index in [1.54, 1.807) is 11.9 Å². The van der Waals surface area contributed by atoms with Crippen molar-refractivity contribution in [3.63, 3.8) is 0 Å². The lowest BCUT2D eigenvalue weighted by molar-refractivity contribution is 0.0774. The van der Waals surface area contributed by atoms with Gasteiger partial charge in [0.25, 0.3) is 5.91 Å². The van der Waals surface area contributed by atoms with Gasteiger partial charge in [-0.2, -0.15) is 5.10 Å². The minimum Gasteiger partial charge on any atom is -0.464 e. The van der Waals surface area contributed by atoms with Crippen LogP contribution in [0.15, 0.2) is 22.7 Å². The largest absolute Gasteiger partial charge is 0.464 e. The van der Waals surface area contributed by atoms with Crippen LogP contribution in [0.5, 0.6) is 0 Å². The van der Waals surface area contributed by atoms with Crippen molar-refractivity contribution in [2.75, 3.05) is 7.05 Å². The maximum absolute atomic E-state index is 12.5. The summed E-state index contributed by atoms with van der Waals surface area (Å²) in [5, 5.41) is 4.44. The number of carbonyl (C=O) groups is 1. The van der Waals surface area contributed by atoms with Gasteiger partial charge in [0.15, 0.2) is 0 Å². The molecule has 0 aromatic carbocycles. The molecule has 0 aliphatic rings. The van der Waals surface area contributed by atoms with Crippen molar-refractivity contribution in [3.8, 4) is 0 Å². The quantitative estimate of drug-likeness (QED) is 0.872. The SMILES string of the molecule is Cc1ccc(CN(C)C(=O)c2cn(C(C)(C)C)nc2C)o1. The smallest absolute Gasteiger partial charge is 0.257 e. The van der Waals surface area contributed by atoms with Crippen molar-refractivity contribution in [2.45, 2.75) is 46.7 Å². The highest BCUT2D eigenvalue weighted by atomic mass is 16.3. The maximum atomic E-state index is 12.5. The van der Waals surface area contributed by atoms with Crippen LogP contribution >= 0.6 is 0 Å². The van der Waals surface area contributed by atoms with Gasteiger partial charge in [-0.15, -0.1) is 0 Å². The van der Waals surface area contributed by atoms with E-state index in [1.807, 2.05) is 36.9 Å². The van der Waals surface area contributed by atoms with E-state index < -0.39 is 0 Å². The highest BCUT2D eigenvalue weighted by Crippen LogP contribution is 2.18. The van der Waals surface area contributed by atoms with Crippen molar-refractivity contribution in [2.24, 2.45) is 0 Å². The summed E-state index contributed by atoms with van der Waals surface area (Å²) in [5.41, 5.74) is 1.24. The number of rotatable bonds is 3. The van der Waals surface area contributed by atoms with Crippen LogP contribution in [-0.4, -0.2) is 27.6 Å². The number of amides is 1. The molecule has 0 aliphatic heterocycles. The van der Waals surface area contributed by atoms with Gasteiger partial charge in [-0.05, 0) is 46.8 Å². The van der Waals surface area contributed by atoms with Crippen LogP contribution in [0.4, 0.5) is 0 Å². The zero-order chi connectivity index (χ0) is 15.8. The van der Waals surface area contributed by atoms with Crippen molar-refractivity contribution >= 4 is 5.91 Å². The summed E-state index contributed by atoms with van der Waals surface area (Å²) < 4.78 is 7.35. The van der Waals surface area contributed by atoms with E-state index in [4.69, 9.17) is 4.42 Å². The average Bonchev–Trinajstić information content (AvgIpc) is 2.94. The van der Waals surface area contributed by atoms with E-state index in [9.17, 15) is 4.79 Å². The van der Waals surface area contributed by atoms with Crippen LogP contribution < -0.4 is 0 Å². The molecule has 0 unspecified atom stereocenters. The summed E-state index contributed by atoms with van der Waals surface area (Å²) in [6, 6.07) is 3.79. The molecule has 0 fully saturated rings. The lowest BCUT2D eigenvalue weighted by atomic mass is 10.1. The number of aromatic nitrogens is 2. The molecule has 0 atom stereocenters. The van der Waals surface area contributed by atoms with Crippen molar-refractivity contribution in [1.82, 2.24) is 14.7 Å². The Morgan fingerprint density at radius 3 is 2.48 bits per heavy atom. The zero-order valence-electron chi connectivity index (χ0n) is 13.6. The first-order chi connectivity index (χ1) is 9.68. The van der Waals surface area contributed by atoms with Gasteiger partial charge in [0.1, 0.15) is 11.5 Å². The standard InChI is InChI=1S/C16H23N3O2/c1-11-7-8-13(21-11)9-18(6)15(20)14-10-19(16(3,4)5)17-12(14)2/h7-8,10H,9H2,1-6H3. The molecule has 0 saturated carbocycles. The number of aryl methyl sites for hydroxylation is 2. The van der Waals surface area contributed by atoms with Gasteiger partial charge >= 0.3 is 0 Å². The Labute approximate surface area is 125 Å². The summed E-state index contributed by atoms with van der Waals surface area (Å²) >= 11 is 0. The fourth-order valence-corrected chi connectivity index (χ4v) is 2.09. The molecule has 0 N–H and O–H groups in total. The average molecular weight is 289 g/mol. The molecule has 0 saturated heterocycles. The van der Waals surface area contributed by atoms with Crippen molar-refractivity contribution in [3.05, 3.63) is 41.1 Å². The molecule has 2 aromatic rings. The second-order valence-corrected chi connectivity index (χ2v) is 6.42. The number of carbonyl (C=O) groups excluding carboxylic acids is 1. The van der Waals surface area contributed by atoms with Crippen LogP contribution in [0.25, 0.3) is 0 Å². The van der Waals surface area contributed by atoms with E-state index in [1.165, 1.54) is 0 Å². The van der Waals surface area contributed by atoms with Gasteiger partial charge in [0.2, 0.25) is 0 Å². The summed E-state index contributed by atoms with van der Waals surface area (Å²) in [6.45, 7) is 10.4. The molecular formula is C16H23N3O2. The van der Waals surface area contributed by atoms with Crippen LogP contribution in [0.3, 0.4) is 0 Å². The lowest BCUT2D eigenvalue weighted by Crippen LogP contribution is -2.26. The second kappa shape index (κ2) is 5.39. The van der Waals surface area contributed by atoms with E-state index in [0.717, 1.165) is 17.2 Å². The van der Waals surface area contributed by atoms with Crippen LogP contribution in [-0.2, 0) is 12.1 Å². The normalized spacial score (nSPS) is 11.7. The first kappa shape index (κ1) is 15.4. The molecule has 2 aromatic heterocycles. The fourth-order valence-electron chi connectivity index (χ4n) is 2.09. The predicted octanol–water partition coefficient (Wildman–Crippen LogP) is 3.12. The van der Waals surface area contributed by atoms with E-state index in [0.29, 0.717) is 12.1 Å². The number of hydrogen-bond donors (Lipinski definition) is 0. The molecule has 21 heavy (non-hydrogen) atoms. The monoisotopic (exact) mass is 289 g/mol. The summed E-state index contributed by atoms with van der Waals surface area (Å²) in [7, 11) is 1.77. The Morgan fingerprint density at radius 1 is 1.33 bits per heavy atom. The maximum Gasteiger partial charge on any atom is 0.257 e. The van der Waals surface area contributed by atoms with Crippen molar-refractivity contribution < 1.29 is 9.21 Å². The third-order valence-electron chi connectivity index (χ3n) is 3.35. The van der Waals surface area contributed by atoms with Crippen LogP contribution in [0, 0.1) is 13.8 Å².